The van der Waals surface area contributed by atoms with Crippen LogP contribution >= 0.6 is 0 Å². The van der Waals surface area contributed by atoms with Crippen molar-refractivity contribution in [2.45, 2.75) is 32.6 Å². The van der Waals surface area contributed by atoms with Gasteiger partial charge < -0.3 is 9.84 Å². The van der Waals surface area contributed by atoms with Gasteiger partial charge in [-0.25, -0.2) is 0 Å². The largest absolute Gasteiger partial charge is 0.481 e. The monoisotopic (exact) mass is 226 g/mol. The van der Waals surface area contributed by atoms with Gasteiger partial charge in [-0.1, -0.05) is 0 Å². The SMILES string of the molecule is CCOC(=O)C1C2CCC(CC2)C1C(=O)O. The van der Waals surface area contributed by atoms with Crippen molar-refractivity contribution in [1.82, 2.24) is 0 Å². The van der Waals surface area contributed by atoms with Crippen molar-refractivity contribution in [3.05, 3.63) is 0 Å². The average Bonchev–Trinajstić information content (AvgIpc) is 2.29. The third kappa shape index (κ3) is 1.81. The molecule has 0 aromatic heterocycles. The van der Waals surface area contributed by atoms with Gasteiger partial charge in [-0.2, -0.15) is 0 Å². The lowest BCUT2D eigenvalue weighted by atomic mass is 9.58. The Labute approximate surface area is 95.0 Å². The average molecular weight is 226 g/mol. The molecule has 90 valence electrons. The zero-order chi connectivity index (χ0) is 11.7. The summed E-state index contributed by atoms with van der Waals surface area (Å²) in [5.41, 5.74) is 0. The minimum Gasteiger partial charge on any atom is -0.481 e. The van der Waals surface area contributed by atoms with Crippen LogP contribution in [0.4, 0.5) is 0 Å². The Bertz CT molecular complexity index is 291. The maximum atomic E-state index is 11.8. The maximum Gasteiger partial charge on any atom is 0.310 e. The molecule has 0 spiro atoms. The van der Waals surface area contributed by atoms with E-state index >= 15 is 0 Å². The van der Waals surface area contributed by atoms with E-state index in [1.165, 1.54) is 0 Å². The van der Waals surface area contributed by atoms with Gasteiger partial charge in [-0.3, -0.25) is 9.59 Å². The van der Waals surface area contributed by atoms with Gasteiger partial charge >= 0.3 is 11.9 Å². The molecule has 0 saturated heterocycles. The number of ether oxygens (including phenoxy) is 1. The van der Waals surface area contributed by atoms with Crippen LogP contribution < -0.4 is 0 Å². The minimum atomic E-state index is -0.826. The molecule has 4 heteroatoms. The molecule has 0 radical (unpaired) electrons. The van der Waals surface area contributed by atoms with E-state index in [0.29, 0.717) is 6.61 Å². The fourth-order valence-corrected chi connectivity index (χ4v) is 3.38. The Kier molecular flexibility index (Phi) is 3.17. The van der Waals surface area contributed by atoms with Crippen molar-refractivity contribution in [1.29, 1.82) is 0 Å². The molecule has 0 aromatic rings. The number of rotatable bonds is 3. The van der Waals surface area contributed by atoms with Gasteiger partial charge in [-0.05, 0) is 44.4 Å². The molecule has 16 heavy (non-hydrogen) atoms. The summed E-state index contributed by atoms with van der Waals surface area (Å²) in [5, 5.41) is 9.24. The van der Waals surface area contributed by atoms with Crippen LogP contribution in [-0.4, -0.2) is 23.7 Å². The Morgan fingerprint density at radius 3 is 2.06 bits per heavy atom. The zero-order valence-corrected chi connectivity index (χ0v) is 9.52. The first kappa shape index (κ1) is 11.4. The number of esters is 1. The number of aliphatic carboxylic acids is 1. The van der Waals surface area contributed by atoms with Crippen LogP contribution in [0.1, 0.15) is 32.6 Å². The molecule has 2 atom stereocenters. The van der Waals surface area contributed by atoms with Crippen molar-refractivity contribution in [2.24, 2.45) is 23.7 Å². The number of carboxylic acid groups (broad SMARTS) is 1. The first-order valence-electron chi connectivity index (χ1n) is 6.04. The van der Waals surface area contributed by atoms with Crippen molar-refractivity contribution in [2.75, 3.05) is 6.61 Å². The highest BCUT2D eigenvalue weighted by Crippen LogP contribution is 2.49. The van der Waals surface area contributed by atoms with Gasteiger partial charge in [0.25, 0.3) is 0 Å². The van der Waals surface area contributed by atoms with Crippen LogP contribution in [0.5, 0.6) is 0 Å². The third-order valence-electron chi connectivity index (χ3n) is 4.06. The molecule has 0 aromatic carbocycles. The van der Waals surface area contributed by atoms with Crippen LogP contribution in [0, 0.1) is 23.7 Å². The normalized spacial score (nSPS) is 37.1. The van der Waals surface area contributed by atoms with E-state index in [9.17, 15) is 14.7 Å². The van der Waals surface area contributed by atoms with Crippen LogP contribution in [0.3, 0.4) is 0 Å². The van der Waals surface area contributed by atoms with Gasteiger partial charge in [-0.15, -0.1) is 0 Å². The molecule has 4 nitrogen and oxygen atoms in total. The second kappa shape index (κ2) is 4.44. The highest BCUT2D eigenvalue weighted by atomic mass is 16.5. The zero-order valence-electron chi connectivity index (χ0n) is 9.52. The van der Waals surface area contributed by atoms with E-state index < -0.39 is 17.8 Å². The highest BCUT2D eigenvalue weighted by molar-refractivity contribution is 5.82. The van der Waals surface area contributed by atoms with Crippen molar-refractivity contribution in [3.8, 4) is 0 Å². The molecular weight excluding hydrogens is 208 g/mol. The van der Waals surface area contributed by atoms with E-state index in [4.69, 9.17) is 4.74 Å². The summed E-state index contributed by atoms with van der Waals surface area (Å²) < 4.78 is 5.01. The Hall–Kier alpha value is -1.06. The summed E-state index contributed by atoms with van der Waals surface area (Å²) in [6.45, 7) is 2.09. The number of hydrogen-bond donors (Lipinski definition) is 1. The van der Waals surface area contributed by atoms with E-state index in [1.807, 2.05) is 0 Å². The number of hydrogen-bond acceptors (Lipinski definition) is 3. The van der Waals surface area contributed by atoms with E-state index in [1.54, 1.807) is 6.92 Å². The lowest BCUT2D eigenvalue weighted by molar-refractivity contribution is -0.169. The first-order chi connectivity index (χ1) is 7.65. The van der Waals surface area contributed by atoms with Crippen LogP contribution in [-0.2, 0) is 14.3 Å². The Morgan fingerprint density at radius 1 is 1.12 bits per heavy atom. The van der Waals surface area contributed by atoms with Gasteiger partial charge in [0.1, 0.15) is 0 Å². The molecule has 3 aliphatic rings. The van der Waals surface area contributed by atoms with E-state index in [2.05, 4.69) is 0 Å². The molecule has 1 N–H and O–H groups in total. The lowest BCUT2D eigenvalue weighted by Crippen LogP contribution is -2.48. The molecule has 0 amide bonds. The van der Waals surface area contributed by atoms with Crippen molar-refractivity contribution >= 4 is 11.9 Å². The van der Waals surface area contributed by atoms with Gasteiger partial charge in [0.05, 0.1) is 18.4 Å². The summed E-state index contributed by atoms with van der Waals surface area (Å²) in [5.74, 6) is -1.63. The topological polar surface area (TPSA) is 63.6 Å². The molecule has 3 rings (SSSR count). The second-order valence-corrected chi connectivity index (χ2v) is 4.82. The summed E-state index contributed by atoms with van der Waals surface area (Å²) in [4.78, 5) is 23.1. The number of carbonyl (C=O) groups excluding carboxylic acids is 1. The Balaban J connectivity index is 2.19. The molecule has 3 fully saturated rings. The third-order valence-corrected chi connectivity index (χ3v) is 4.06. The Morgan fingerprint density at radius 2 is 1.62 bits per heavy atom. The first-order valence-corrected chi connectivity index (χ1v) is 6.04. The van der Waals surface area contributed by atoms with Crippen molar-refractivity contribution in [3.63, 3.8) is 0 Å². The van der Waals surface area contributed by atoms with Crippen LogP contribution in [0.25, 0.3) is 0 Å². The standard InChI is InChI=1S/C12H18O4/c1-2-16-12(15)10-8-5-3-7(4-6-8)9(10)11(13)14/h7-10H,2-6H2,1H3,(H,13,14). The molecule has 0 aliphatic heterocycles. The predicted octanol–water partition coefficient (Wildman–Crippen LogP) is 1.69. The number of fused-ring (bicyclic) bond motifs is 3. The van der Waals surface area contributed by atoms with Gasteiger partial charge in [0.2, 0.25) is 0 Å². The molecule has 2 bridgehead atoms. The smallest absolute Gasteiger partial charge is 0.310 e. The molecule has 3 aliphatic carbocycles. The number of carboxylic acids is 1. The minimum absolute atomic E-state index is 0.178. The quantitative estimate of drug-likeness (QED) is 0.744. The van der Waals surface area contributed by atoms with Gasteiger partial charge in [0, 0.05) is 0 Å². The van der Waals surface area contributed by atoms with Gasteiger partial charge in [0.15, 0.2) is 0 Å². The maximum absolute atomic E-state index is 11.8. The molecular formula is C12H18O4. The summed E-state index contributed by atoms with van der Waals surface area (Å²) >= 11 is 0. The summed E-state index contributed by atoms with van der Waals surface area (Å²) in [6.07, 6.45) is 3.88. The van der Waals surface area contributed by atoms with E-state index in [0.717, 1.165) is 25.7 Å². The number of carbonyl (C=O) groups is 2. The molecule has 2 unspecified atom stereocenters. The van der Waals surface area contributed by atoms with Crippen LogP contribution in [0.15, 0.2) is 0 Å². The second-order valence-electron chi connectivity index (χ2n) is 4.82. The lowest BCUT2D eigenvalue weighted by Gasteiger charge is -2.45. The predicted molar refractivity (Wildman–Crippen MR) is 56.7 cm³/mol. The fraction of sp³-hybridized carbons (Fsp3) is 0.833. The van der Waals surface area contributed by atoms with Crippen LogP contribution in [0.2, 0.25) is 0 Å². The van der Waals surface area contributed by atoms with E-state index in [-0.39, 0.29) is 17.8 Å². The summed E-state index contributed by atoms with van der Waals surface area (Å²) in [6, 6.07) is 0. The molecule has 0 heterocycles. The highest BCUT2D eigenvalue weighted by Gasteiger charge is 2.51. The van der Waals surface area contributed by atoms with Crippen molar-refractivity contribution < 1.29 is 19.4 Å². The fourth-order valence-electron chi connectivity index (χ4n) is 3.38. The molecule has 3 saturated carbocycles. The summed E-state index contributed by atoms with van der Waals surface area (Å²) in [7, 11) is 0.